The van der Waals surface area contributed by atoms with Gasteiger partial charge >= 0.3 is 0 Å². The number of nitrogens with one attached hydrogen (secondary N) is 1. The van der Waals surface area contributed by atoms with E-state index in [2.05, 4.69) is 4.90 Å². The van der Waals surface area contributed by atoms with Gasteiger partial charge in [0.05, 0.1) is 16.7 Å². The van der Waals surface area contributed by atoms with Crippen LogP contribution in [0, 0.1) is 5.82 Å². The number of hydrogen-bond acceptors (Lipinski definition) is 7. The van der Waals surface area contributed by atoms with Crippen LogP contribution in [0.4, 0.5) is 4.39 Å². The number of sulfone groups is 1. The fourth-order valence-corrected chi connectivity index (χ4v) is 5.74. The van der Waals surface area contributed by atoms with Crippen molar-refractivity contribution in [3.63, 3.8) is 0 Å². The minimum atomic E-state index is -3.83. The summed E-state index contributed by atoms with van der Waals surface area (Å²) in [6, 6.07) is 7.28. The minimum absolute atomic E-state index is 0.136. The minimum Gasteiger partial charge on any atom is -0.489 e. The molecule has 0 unspecified atom stereocenters. The first-order valence-corrected chi connectivity index (χ1v) is 15.7. The second-order valence-corrected chi connectivity index (χ2v) is 13.7. The van der Waals surface area contributed by atoms with E-state index < -0.39 is 31.6 Å². The summed E-state index contributed by atoms with van der Waals surface area (Å²) in [7, 11) is -7.17. The lowest BCUT2D eigenvalue weighted by Gasteiger charge is -2.33. The van der Waals surface area contributed by atoms with Gasteiger partial charge < -0.3 is 4.74 Å². The van der Waals surface area contributed by atoms with Gasteiger partial charge in [-0.05, 0) is 67.5 Å². The Morgan fingerprint density at radius 1 is 1.14 bits per heavy atom. The maximum atomic E-state index is 14.8. The molecule has 1 aliphatic heterocycles. The van der Waals surface area contributed by atoms with E-state index in [0.717, 1.165) is 50.3 Å². The molecule has 0 aromatic heterocycles. The number of ether oxygens (including phenoxy) is 1. The van der Waals surface area contributed by atoms with E-state index in [4.69, 9.17) is 16.3 Å². The summed E-state index contributed by atoms with van der Waals surface area (Å²) in [4.78, 5) is 14.6. The molecule has 0 radical (unpaired) electrons. The van der Waals surface area contributed by atoms with Crippen LogP contribution in [-0.4, -0.2) is 59.3 Å². The van der Waals surface area contributed by atoms with E-state index in [1.165, 1.54) is 18.2 Å². The number of rotatable bonds is 8. The van der Waals surface area contributed by atoms with E-state index >= 15 is 0 Å². The summed E-state index contributed by atoms with van der Waals surface area (Å²) < 4.78 is 69.2. The summed E-state index contributed by atoms with van der Waals surface area (Å²) in [6.45, 7) is 1.88. The van der Waals surface area contributed by atoms with Gasteiger partial charge in [0.2, 0.25) is 10.0 Å². The molecule has 1 amide bonds. The number of benzene rings is 2. The molecular weight excluding hydrogens is 531 g/mol. The van der Waals surface area contributed by atoms with Gasteiger partial charge in [-0.15, -0.1) is 0 Å². The third-order valence-electron chi connectivity index (χ3n) is 6.24. The largest absolute Gasteiger partial charge is 0.489 e. The molecule has 1 N–H and O–H groups in total. The molecule has 2 aromatic carbocycles. The Kier molecular flexibility index (Phi) is 7.66. The maximum Gasteiger partial charge on any atom is 0.267 e. The standard InChI is InChI=1S/C24H28ClFN2O6S2/c1-35(30,31)18-8-7-16(21(25)10-18)13-28-9-3-4-17(14-28)34-23-12-22(26)20(11-19(23)15-5-6-15)24(29)27-36(2,32)33/h7-8,10-12,15,17H,3-6,9,13-14H2,1-2H3,(H,27,29)/t17-/m1/s1. The lowest BCUT2D eigenvalue weighted by molar-refractivity contribution is 0.0832. The lowest BCUT2D eigenvalue weighted by Crippen LogP contribution is -2.40. The summed E-state index contributed by atoms with van der Waals surface area (Å²) in [5.41, 5.74) is 1.18. The Morgan fingerprint density at radius 3 is 2.47 bits per heavy atom. The Morgan fingerprint density at radius 2 is 1.86 bits per heavy atom. The highest BCUT2D eigenvalue weighted by atomic mass is 35.5. The normalized spacial score (nSPS) is 19.2. The molecule has 36 heavy (non-hydrogen) atoms. The van der Waals surface area contributed by atoms with Crippen molar-refractivity contribution in [1.29, 1.82) is 0 Å². The monoisotopic (exact) mass is 558 g/mol. The van der Waals surface area contributed by atoms with Crippen molar-refractivity contribution in [2.45, 2.75) is 49.1 Å². The fourth-order valence-electron chi connectivity index (χ4n) is 4.34. The Hall–Kier alpha value is -2.21. The predicted molar refractivity (Wildman–Crippen MR) is 134 cm³/mol. The molecule has 8 nitrogen and oxygen atoms in total. The smallest absolute Gasteiger partial charge is 0.267 e. The summed E-state index contributed by atoms with van der Waals surface area (Å²) >= 11 is 6.35. The summed E-state index contributed by atoms with van der Waals surface area (Å²) in [5, 5.41) is 0.377. The van der Waals surface area contributed by atoms with Crippen LogP contribution >= 0.6 is 11.6 Å². The molecule has 1 heterocycles. The summed E-state index contributed by atoms with van der Waals surface area (Å²) in [5.74, 6) is -1.35. The molecular formula is C24H28ClFN2O6S2. The zero-order chi connectivity index (χ0) is 26.3. The van der Waals surface area contributed by atoms with Crippen LogP contribution in [0.25, 0.3) is 0 Å². The number of nitrogens with zero attached hydrogens (tertiary/aromatic N) is 1. The highest BCUT2D eigenvalue weighted by Crippen LogP contribution is 2.45. The first kappa shape index (κ1) is 26.8. The van der Waals surface area contributed by atoms with Crippen LogP contribution in [0.2, 0.25) is 5.02 Å². The number of carbonyl (C=O) groups excluding carboxylic acids is 1. The molecule has 1 atom stereocenters. The van der Waals surface area contributed by atoms with Crippen LogP contribution in [0.5, 0.6) is 5.75 Å². The van der Waals surface area contributed by atoms with E-state index in [9.17, 15) is 26.0 Å². The molecule has 196 valence electrons. The number of hydrogen-bond donors (Lipinski definition) is 1. The molecule has 2 fully saturated rings. The van der Waals surface area contributed by atoms with Crippen molar-refractivity contribution in [3.8, 4) is 5.75 Å². The Labute approximate surface area is 215 Å². The topological polar surface area (TPSA) is 110 Å². The predicted octanol–water partition coefficient (Wildman–Crippen LogP) is 3.49. The third kappa shape index (κ3) is 6.76. The van der Waals surface area contributed by atoms with Gasteiger partial charge in [0.15, 0.2) is 9.84 Å². The van der Waals surface area contributed by atoms with Crippen molar-refractivity contribution < 1.29 is 30.8 Å². The van der Waals surface area contributed by atoms with Crippen molar-refractivity contribution in [2.75, 3.05) is 25.6 Å². The molecule has 0 spiro atoms. The molecule has 2 aromatic rings. The quantitative estimate of drug-likeness (QED) is 0.528. The highest BCUT2D eigenvalue weighted by Gasteiger charge is 2.31. The highest BCUT2D eigenvalue weighted by molar-refractivity contribution is 7.90. The molecule has 4 rings (SSSR count). The SMILES string of the molecule is CS(=O)(=O)NC(=O)c1cc(C2CC2)c(O[C@@H]2CCCN(Cc3ccc(S(C)(=O)=O)cc3Cl)C2)cc1F. The zero-order valence-corrected chi connectivity index (χ0v) is 22.3. The molecule has 1 saturated heterocycles. The van der Waals surface area contributed by atoms with Crippen molar-refractivity contribution >= 4 is 37.4 Å². The van der Waals surface area contributed by atoms with Gasteiger partial charge in [-0.2, -0.15) is 0 Å². The number of halogens is 2. The number of amides is 1. The summed E-state index contributed by atoms with van der Waals surface area (Å²) in [6.07, 6.45) is 5.12. The van der Waals surface area contributed by atoms with Crippen LogP contribution in [0.15, 0.2) is 35.2 Å². The first-order valence-electron chi connectivity index (χ1n) is 11.5. The second-order valence-electron chi connectivity index (χ2n) is 9.49. The number of likely N-dealkylation sites (tertiary alicyclic amines) is 1. The molecule has 1 aliphatic carbocycles. The van der Waals surface area contributed by atoms with Crippen molar-refractivity contribution in [3.05, 3.63) is 57.9 Å². The Balaban J connectivity index is 1.49. The van der Waals surface area contributed by atoms with Gasteiger partial charge in [-0.25, -0.2) is 25.9 Å². The number of sulfonamides is 1. The van der Waals surface area contributed by atoms with E-state index in [-0.39, 0.29) is 22.5 Å². The van der Waals surface area contributed by atoms with Crippen molar-refractivity contribution in [2.24, 2.45) is 0 Å². The average Bonchev–Trinajstić information content (AvgIpc) is 3.59. The third-order valence-corrected chi connectivity index (χ3v) is 8.26. The van der Waals surface area contributed by atoms with Crippen LogP contribution in [-0.2, 0) is 26.4 Å². The molecule has 0 bridgehead atoms. The molecule has 1 saturated carbocycles. The average molecular weight is 559 g/mol. The van der Waals surface area contributed by atoms with E-state index in [1.807, 2.05) is 4.72 Å². The zero-order valence-electron chi connectivity index (χ0n) is 20.0. The van der Waals surface area contributed by atoms with E-state index in [0.29, 0.717) is 29.4 Å². The van der Waals surface area contributed by atoms with Crippen LogP contribution < -0.4 is 9.46 Å². The van der Waals surface area contributed by atoms with Crippen molar-refractivity contribution in [1.82, 2.24) is 9.62 Å². The van der Waals surface area contributed by atoms with Gasteiger partial charge in [-0.3, -0.25) is 9.69 Å². The number of piperidine rings is 1. The first-order chi connectivity index (χ1) is 16.8. The lowest BCUT2D eigenvalue weighted by atomic mass is 10.0. The maximum absolute atomic E-state index is 14.8. The van der Waals surface area contributed by atoms with Gasteiger partial charge in [-0.1, -0.05) is 17.7 Å². The van der Waals surface area contributed by atoms with Crippen LogP contribution in [0.3, 0.4) is 0 Å². The second kappa shape index (κ2) is 10.3. The van der Waals surface area contributed by atoms with Gasteiger partial charge in [0.25, 0.3) is 5.91 Å². The molecule has 2 aliphatic rings. The fraction of sp³-hybridized carbons (Fsp3) is 0.458. The van der Waals surface area contributed by atoms with Gasteiger partial charge in [0, 0.05) is 30.4 Å². The number of carbonyl (C=O) groups is 1. The van der Waals surface area contributed by atoms with Crippen LogP contribution in [0.1, 0.15) is 53.1 Å². The van der Waals surface area contributed by atoms with E-state index in [1.54, 1.807) is 12.1 Å². The molecule has 12 heteroatoms. The Bertz CT molecular complexity index is 1390. The van der Waals surface area contributed by atoms with Gasteiger partial charge in [0.1, 0.15) is 17.7 Å².